The van der Waals surface area contributed by atoms with E-state index in [1.54, 1.807) is 48.7 Å². The van der Waals surface area contributed by atoms with Gasteiger partial charge in [0.15, 0.2) is 5.82 Å². The Balaban J connectivity index is 0.000000164. The van der Waals surface area contributed by atoms with Gasteiger partial charge in [-0.25, -0.2) is 18.7 Å². The van der Waals surface area contributed by atoms with Crippen LogP contribution in [0.1, 0.15) is 77.0 Å². The molecule has 58 heavy (non-hydrogen) atoms. The number of carbonyl (C=O) groups excluding carboxylic acids is 3. The molecule has 2 aromatic heterocycles. The average Bonchev–Trinajstić information content (AvgIpc) is 3.24. The number of aromatic amines is 1. The van der Waals surface area contributed by atoms with Crippen molar-refractivity contribution in [1.82, 2.24) is 30.9 Å². The summed E-state index contributed by atoms with van der Waals surface area (Å²) in [4.78, 5) is 58.0. The predicted octanol–water partition coefficient (Wildman–Crippen LogP) is 5.90. The molecule has 15 heteroatoms. The molecule has 0 radical (unpaired) electrons. The van der Waals surface area contributed by atoms with E-state index in [-0.39, 0.29) is 28.9 Å². The number of nitrogens with zero attached hydrogens (tertiary/aromatic N) is 3. The van der Waals surface area contributed by atoms with Gasteiger partial charge in [-0.05, 0) is 74.1 Å². The maximum absolute atomic E-state index is 14.4. The Morgan fingerprint density at radius 2 is 1.50 bits per heavy atom. The number of amides is 3. The number of halogens is 2. The number of H-pyrrole nitrogens is 1. The van der Waals surface area contributed by atoms with Crippen LogP contribution < -0.4 is 37.0 Å². The molecule has 2 aromatic carbocycles. The van der Waals surface area contributed by atoms with Gasteiger partial charge in [0.2, 0.25) is 24.2 Å². The lowest BCUT2D eigenvalue weighted by Crippen LogP contribution is -2.47. The summed E-state index contributed by atoms with van der Waals surface area (Å²) in [5.74, 6) is -0.963. The molecule has 3 amide bonds. The normalized spacial score (nSPS) is 18.7. The highest BCUT2D eigenvalue weighted by atomic mass is 19.1. The summed E-state index contributed by atoms with van der Waals surface area (Å²) in [6, 6.07) is 15.9. The standard InChI is InChI=1S/C21H21FN4O.C15H19FN4O2.C7H13NO/c22-18-13-24-21(25-16-8-2-1-3-9-16)26-19(18)15-7-4-6-14(12-15)17-10-5-11-23-20(17)27;16-11-9-10(18-12-2-4-14(21)19-15(12)22)1-3-13(11)20-7-5-17-6-8-20;9-6-8-7-4-2-1-3-5-7/h4-7,10-13,16H,1-3,8-9H2,(H,23,27)(H,24,25,26);1,3,9,12,17-18H,2,4-8H2,(H,19,21,22);6-7H,1-5H2,(H,8,9). The van der Waals surface area contributed by atoms with E-state index in [2.05, 4.69) is 41.5 Å². The van der Waals surface area contributed by atoms with Crippen molar-refractivity contribution in [3.05, 3.63) is 89.0 Å². The molecule has 1 unspecified atom stereocenters. The maximum Gasteiger partial charge on any atom is 0.255 e. The number of hydrogen-bond acceptors (Lipinski definition) is 10. The second kappa shape index (κ2) is 21.2. The van der Waals surface area contributed by atoms with Gasteiger partial charge < -0.3 is 31.2 Å². The van der Waals surface area contributed by atoms with Crippen molar-refractivity contribution < 1.29 is 23.2 Å². The number of pyridine rings is 1. The maximum atomic E-state index is 14.4. The van der Waals surface area contributed by atoms with Gasteiger partial charge in [-0.1, -0.05) is 56.7 Å². The third-order valence-electron chi connectivity index (χ3n) is 10.8. The number of hydrogen-bond donors (Lipinski definition) is 6. The average molecular weight is 798 g/mol. The van der Waals surface area contributed by atoms with E-state index in [4.69, 9.17) is 0 Å². The quantitative estimate of drug-likeness (QED) is 0.0885. The Hall–Kier alpha value is -5.70. The summed E-state index contributed by atoms with van der Waals surface area (Å²) < 4.78 is 28.7. The monoisotopic (exact) mass is 797 g/mol. The molecule has 4 fully saturated rings. The number of piperazine rings is 1. The third-order valence-corrected chi connectivity index (χ3v) is 10.8. The topological polar surface area (TPSA) is 173 Å². The van der Waals surface area contributed by atoms with Crippen LogP contribution in [0.25, 0.3) is 22.4 Å². The van der Waals surface area contributed by atoms with E-state index < -0.39 is 11.9 Å². The van der Waals surface area contributed by atoms with Crippen molar-refractivity contribution in [2.24, 2.45) is 0 Å². The molecule has 4 aromatic rings. The van der Waals surface area contributed by atoms with E-state index >= 15 is 0 Å². The van der Waals surface area contributed by atoms with Crippen LogP contribution in [0.15, 0.2) is 71.8 Å². The summed E-state index contributed by atoms with van der Waals surface area (Å²) in [5, 5.41) is 14.6. The fraction of sp³-hybridized carbons (Fsp3) is 0.442. The summed E-state index contributed by atoms with van der Waals surface area (Å²) in [6.07, 6.45) is 16.4. The highest BCUT2D eigenvalue weighted by Gasteiger charge is 2.27. The minimum Gasteiger partial charge on any atom is -0.374 e. The fourth-order valence-corrected chi connectivity index (χ4v) is 7.71. The molecular weight excluding hydrogens is 745 g/mol. The van der Waals surface area contributed by atoms with E-state index in [0.29, 0.717) is 58.9 Å². The van der Waals surface area contributed by atoms with Crippen LogP contribution in [0.3, 0.4) is 0 Å². The Morgan fingerprint density at radius 1 is 0.776 bits per heavy atom. The van der Waals surface area contributed by atoms with Crippen molar-refractivity contribution in [3.8, 4) is 22.4 Å². The first-order valence-corrected chi connectivity index (χ1v) is 20.4. The Bertz CT molecular complexity index is 2050. The largest absolute Gasteiger partial charge is 0.374 e. The van der Waals surface area contributed by atoms with Crippen LogP contribution in [-0.2, 0) is 14.4 Å². The van der Waals surface area contributed by atoms with Gasteiger partial charge in [0.25, 0.3) is 5.56 Å². The predicted molar refractivity (Wildman–Crippen MR) is 221 cm³/mol. The van der Waals surface area contributed by atoms with Crippen molar-refractivity contribution >= 4 is 35.5 Å². The first kappa shape index (κ1) is 41.9. The summed E-state index contributed by atoms with van der Waals surface area (Å²) in [7, 11) is 0. The van der Waals surface area contributed by atoms with E-state index in [1.165, 1.54) is 63.6 Å². The lowest BCUT2D eigenvalue weighted by atomic mass is 9.96. The minimum atomic E-state index is -0.498. The molecular formula is C43H53F2N9O4. The zero-order chi connectivity index (χ0) is 40.7. The number of nitrogens with one attached hydrogen (secondary N) is 6. The Kier molecular flexibility index (Phi) is 15.3. The van der Waals surface area contributed by atoms with Crippen LogP contribution in [0.4, 0.5) is 26.1 Å². The molecule has 6 N–H and O–H groups in total. The number of anilines is 3. The highest BCUT2D eigenvalue weighted by Crippen LogP contribution is 2.28. The van der Waals surface area contributed by atoms with Crippen LogP contribution in [0.5, 0.6) is 0 Å². The zero-order valence-corrected chi connectivity index (χ0v) is 32.7. The molecule has 2 aliphatic heterocycles. The fourth-order valence-electron chi connectivity index (χ4n) is 7.71. The number of aromatic nitrogens is 3. The van der Waals surface area contributed by atoms with Gasteiger partial charge in [0.1, 0.15) is 17.6 Å². The SMILES string of the molecule is O=C1CCC(Nc2ccc(N3CCNCC3)c(F)c2)C(=O)N1.O=CNC1CCCCC1.O=c1[nH]cccc1-c1cccc(-c2nc(NC3CCCCC3)ncc2F)c1. The number of imide groups is 1. The number of benzene rings is 2. The van der Waals surface area contributed by atoms with E-state index in [1.807, 2.05) is 11.0 Å². The molecule has 13 nitrogen and oxygen atoms in total. The molecule has 8 rings (SSSR count). The first-order chi connectivity index (χ1) is 28.3. The van der Waals surface area contributed by atoms with Crippen molar-refractivity contribution in [2.45, 2.75) is 95.2 Å². The lowest BCUT2D eigenvalue weighted by Gasteiger charge is -2.30. The Morgan fingerprint density at radius 3 is 2.19 bits per heavy atom. The zero-order valence-electron chi connectivity index (χ0n) is 32.7. The lowest BCUT2D eigenvalue weighted by molar-refractivity contribution is -0.133. The van der Waals surface area contributed by atoms with Crippen LogP contribution in [0, 0.1) is 11.6 Å². The van der Waals surface area contributed by atoms with Gasteiger partial charge in [-0.3, -0.25) is 24.5 Å². The second-order valence-electron chi connectivity index (χ2n) is 15.0. The summed E-state index contributed by atoms with van der Waals surface area (Å²) in [6.45, 7) is 3.24. The van der Waals surface area contributed by atoms with Crippen LogP contribution >= 0.6 is 0 Å². The molecule has 4 heterocycles. The van der Waals surface area contributed by atoms with Gasteiger partial charge in [0.05, 0.1) is 11.9 Å². The first-order valence-electron chi connectivity index (χ1n) is 20.4. The minimum absolute atomic E-state index is 0.183. The van der Waals surface area contributed by atoms with E-state index in [9.17, 15) is 28.0 Å². The smallest absolute Gasteiger partial charge is 0.255 e. The third kappa shape index (κ3) is 11.9. The Labute approximate surface area is 337 Å². The molecule has 0 spiro atoms. The van der Waals surface area contributed by atoms with Crippen molar-refractivity contribution in [2.75, 3.05) is 41.7 Å². The molecule has 308 valence electrons. The van der Waals surface area contributed by atoms with Gasteiger partial charge in [-0.2, -0.15) is 0 Å². The molecule has 4 aliphatic rings. The van der Waals surface area contributed by atoms with Gasteiger partial charge in [-0.15, -0.1) is 0 Å². The molecule has 2 saturated carbocycles. The van der Waals surface area contributed by atoms with Gasteiger partial charge in [0, 0.05) is 67.7 Å². The molecule has 1 atom stereocenters. The molecule has 2 aliphatic carbocycles. The second-order valence-corrected chi connectivity index (χ2v) is 15.0. The summed E-state index contributed by atoms with van der Waals surface area (Å²) in [5.41, 5.74) is 3.04. The summed E-state index contributed by atoms with van der Waals surface area (Å²) >= 11 is 0. The van der Waals surface area contributed by atoms with E-state index in [0.717, 1.165) is 45.4 Å². The highest BCUT2D eigenvalue weighted by molar-refractivity contribution is 6.01. The van der Waals surface area contributed by atoms with Crippen molar-refractivity contribution in [3.63, 3.8) is 0 Å². The number of rotatable bonds is 9. The molecule has 0 bridgehead atoms. The van der Waals surface area contributed by atoms with Gasteiger partial charge >= 0.3 is 0 Å². The number of carbonyl (C=O) groups is 3. The van der Waals surface area contributed by atoms with Crippen molar-refractivity contribution in [1.29, 1.82) is 0 Å². The number of piperidine rings is 1. The van der Waals surface area contributed by atoms with Crippen LogP contribution in [0.2, 0.25) is 0 Å². The molecule has 2 saturated heterocycles. The van der Waals surface area contributed by atoms with Crippen LogP contribution in [-0.4, -0.2) is 77.5 Å².